The lowest BCUT2D eigenvalue weighted by Crippen LogP contribution is -2.33. The van der Waals surface area contributed by atoms with Crippen molar-refractivity contribution in [3.63, 3.8) is 0 Å². The second-order valence-corrected chi connectivity index (χ2v) is 4.80. The maximum atomic E-state index is 4.58. The van der Waals surface area contributed by atoms with E-state index in [0.29, 0.717) is 0 Å². The van der Waals surface area contributed by atoms with Crippen LogP contribution in [0.15, 0.2) is 30.5 Å². The van der Waals surface area contributed by atoms with Gasteiger partial charge in [-0.1, -0.05) is 12.1 Å². The zero-order chi connectivity index (χ0) is 10.9. The van der Waals surface area contributed by atoms with E-state index >= 15 is 0 Å². The summed E-state index contributed by atoms with van der Waals surface area (Å²) in [6.07, 6.45) is 1.87. The molecule has 3 nitrogen and oxygen atoms in total. The fourth-order valence-corrected chi connectivity index (χ4v) is 1.56. The first-order valence-corrected chi connectivity index (χ1v) is 5.06. The number of aromatic nitrogens is 2. The van der Waals surface area contributed by atoms with E-state index in [0.717, 1.165) is 27.8 Å². The molecule has 1 heterocycles. The smallest absolute Gasteiger partial charge is 0.123 e. The second-order valence-electron chi connectivity index (χ2n) is 4.80. The van der Waals surface area contributed by atoms with E-state index in [1.54, 1.807) is 0 Å². The van der Waals surface area contributed by atoms with Crippen molar-refractivity contribution in [2.75, 3.05) is 21.1 Å². The van der Waals surface area contributed by atoms with Gasteiger partial charge >= 0.3 is 0 Å². The van der Waals surface area contributed by atoms with Gasteiger partial charge in [0, 0.05) is 0 Å². The molecular weight excluding hydrogens is 186 g/mol. The van der Waals surface area contributed by atoms with Gasteiger partial charge in [0.25, 0.3) is 0 Å². The molecule has 0 atom stereocenters. The lowest BCUT2D eigenvalue weighted by atomic mass is 10.3. The lowest BCUT2D eigenvalue weighted by molar-refractivity contribution is -0.884. The molecule has 2 rings (SSSR count). The average molecular weight is 202 g/mol. The predicted octanol–water partition coefficient (Wildman–Crippen LogP) is 1.84. The highest BCUT2D eigenvalue weighted by molar-refractivity contribution is 5.73. The van der Waals surface area contributed by atoms with E-state index in [1.807, 2.05) is 30.5 Å². The third kappa shape index (κ3) is 2.50. The Hall–Kier alpha value is -1.48. The molecule has 0 N–H and O–H groups in total. The Bertz CT molecular complexity index is 471. The van der Waals surface area contributed by atoms with Crippen LogP contribution in [0.1, 0.15) is 5.69 Å². The first-order valence-electron chi connectivity index (χ1n) is 5.06. The van der Waals surface area contributed by atoms with Crippen molar-refractivity contribution in [3.8, 4) is 0 Å². The quantitative estimate of drug-likeness (QED) is 0.694. The summed E-state index contributed by atoms with van der Waals surface area (Å²) in [6, 6.07) is 7.96. The van der Waals surface area contributed by atoms with Gasteiger partial charge in [0.05, 0.1) is 38.4 Å². The van der Waals surface area contributed by atoms with Crippen molar-refractivity contribution in [2.24, 2.45) is 0 Å². The van der Waals surface area contributed by atoms with Crippen LogP contribution in [0.3, 0.4) is 0 Å². The van der Waals surface area contributed by atoms with E-state index in [1.165, 1.54) is 0 Å². The van der Waals surface area contributed by atoms with E-state index in [2.05, 4.69) is 31.1 Å². The highest BCUT2D eigenvalue weighted by Crippen LogP contribution is 2.10. The molecule has 1 aromatic heterocycles. The molecule has 15 heavy (non-hydrogen) atoms. The van der Waals surface area contributed by atoms with Gasteiger partial charge in [0.15, 0.2) is 0 Å². The van der Waals surface area contributed by atoms with Crippen LogP contribution in [0.4, 0.5) is 0 Å². The molecule has 0 bridgehead atoms. The molecule has 0 aliphatic carbocycles. The van der Waals surface area contributed by atoms with Crippen molar-refractivity contribution < 1.29 is 4.48 Å². The summed E-state index contributed by atoms with van der Waals surface area (Å²) in [5, 5.41) is 0. The van der Waals surface area contributed by atoms with Crippen molar-refractivity contribution in [3.05, 3.63) is 36.2 Å². The minimum absolute atomic E-state index is 0.868. The molecular formula is C12H16N3+. The summed E-state index contributed by atoms with van der Waals surface area (Å²) in [5.74, 6) is 0. The molecule has 0 spiro atoms. The number of fused-ring (bicyclic) bond motifs is 1. The molecule has 0 amide bonds. The number of hydrogen-bond acceptors (Lipinski definition) is 2. The lowest BCUT2D eigenvalue weighted by Gasteiger charge is -2.23. The SMILES string of the molecule is C[N+](C)(C)Cc1cnc2ccccc2n1. The Morgan fingerprint density at radius 2 is 1.73 bits per heavy atom. The van der Waals surface area contributed by atoms with Crippen LogP contribution in [-0.4, -0.2) is 35.6 Å². The zero-order valence-corrected chi connectivity index (χ0v) is 9.44. The Morgan fingerprint density at radius 1 is 1.07 bits per heavy atom. The molecule has 1 aromatic carbocycles. The van der Waals surface area contributed by atoms with Gasteiger partial charge in [-0.15, -0.1) is 0 Å². The number of para-hydroxylation sites is 2. The fraction of sp³-hybridized carbons (Fsp3) is 0.333. The Labute approximate surface area is 90.0 Å². The predicted molar refractivity (Wildman–Crippen MR) is 61.3 cm³/mol. The molecule has 0 aliphatic rings. The van der Waals surface area contributed by atoms with Gasteiger partial charge in [0.1, 0.15) is 12.2 Å². The number of nitrogens with zero attached hydrogens (tertiary/aromatic N) is 3. The van der Waals surface area contributed by atoms with Crippen LogP contribution >= 0.6 is 0 Å². The Morgan fingerprint density at radius 3 is 2.40 bits per heavy atom. The fourth-order valence-electron chi connectivity index (χ4n) is 1.56. The van der Waals surface area contributed by atoms with E-state index in [-0.39, 0.29) is 0 Å². The van der Waals surface area contributed by atoms with Crippen molar-refractivity contribution >= 4 is 11.0 Å². The van der Waals surface area contributed by atoms with Crippen molar-refractivity contribution in [1.29, 1.82) is 0 Å². The van der Waals surface area contributed by atoms with Gasteiger partial charge < -0.3 is 4.48 Å². The second kappa shape index (κ2) is 3.59. The third-order valence-electron chi connectivity index (χ3n) is 2.13. The summed E-state index contributed by atoms with van der Waals surface area (Å²) >= 11 is 0. The maximum absolute atomic E-state index is 4.58. The molecule has 0 radical (unpaired) electrons. The third-order valence-corrected chi connectivity index (χ3v) is 2.13. The minimum atomic E-state index is 0.868. The van der Waals surface area contributed by atoms with E-state index in [4.69, 9.17) is 0 Å². The molecule has 0 aliphatic heterocycles. The molecule has 0 saturated heterocycles. The molecule has 3 heteroatoms. The summed E-state index contributed by atoms with van der Waals surface area (Å²) in [6.45, 7) is 0.901. The largest absolute Gasteiger partial charge is 0.326 e. The summed E-state index contributed by atoms with van der Waals surface area (Å²) in [4.78, 5) is 8.98. The maximum Gasteiger partial charge on any atom is 0.123 e. The van der Waals surface area contributed by atoms with Gasteiger partial charge in [-0.3, -0.25) is 4.98 Å². The monoisotopic (exact) mass is 202 g/mol. The highest BCUT2D eigenvalue weighted by atomic mass is 15.3. The Balaban J connectivity index is 2.39. The van der Waals surface area contributed by atoms with Gasteiger partial charge in [-0.2, -0.15) is 0 Å². The number of rotatable bonds is 2. The van der Waals surface area contributed by atoms with Crippen LogP contribution in [0, 0.1) is 0 Å². The number of benzene rings is 1. The first kappa shape index (κ1) is 10.1. The van der Waals surface area contributed by atoms with Crippen molar-refractivity contribution in [1.82, 2.24) is 9.97 Å². The van der Waals surface area contributed by atoms with Crippen LogP contribution < -0.4 is 0 Å². The molecule has 78 valence electrons. The standard InChI is InChI=1S/C12H16N3/c1-15(2,3)9-10-8-13-11-6-4-5-7-12(11)14-10/h4-8H,9H2,1-3H3/q+1. The average Bonchev–Trinajstić information content (AvgIpc) is 2.15. The van der Waals surface area contributed by atoms with E-state index < -0.39 is 0 Å². The van der Waals surface area contributed by atoms with E-state index in [9.17, 15) is 0 Å². The first-order chi connectivity index (χ1) is 7.04. The summed E-state index contributed by atoms with van der Waals surface area (Å²) in [7, 11) is 6.45. The number of hydrogen-bond donors (Lipinski definition) is 0. The van der Waals surface area contributed by atoms with Crippen LogP contribution in [0.5, 0.6) is 0 Å². The van der Waals surface area contributed by atoms with Gasteiger partial charge in [-0.05, 0) is 12.1 Å². The molecule has 2 aromatic rings. The summed E-state index contributed by atoms with van der Waals surface area (Å²) < 4.78 is 0.868. The topological polar surface area (TPSA) is 25.8 Å². The Kier molecular flexibility index (Phi) is 2.40. The van der Waals surface area contributed by atoms with Crippen molar-refractivity contribution in [2.45, 2.75) is 6.54 Å². The minimum Gasteiger partial charge on any atom is -0.326 e. The normalized spacial score (nSPS) is 11.9. The number of quaternary nitrogens is 1. The molecule has 0 unspecified atom stereocenters. The van der Waals surface area contributed by atoms with Gasteiger partial charge in [-0.25, -0.2) is 4.98 Å². The molecule has 0 fully saturated rings. The van der Waals surface area contributed by atoms with Crippen LogP contribution in [0.2, 0.25) is 0 Å². The van der Waals surface area contributed by atoms with Crippen LogP contribution in [0.25, 0.3) is 11.0 Å². The van der Waals surface area contributed by atoms with Crippen LogP contribution in [-0.2, 0) is 6.54 Å². The molecule has 0 saturated carbocycles. The summed E-state index contributed by atoms with van der Waals surface area (Å²) in [5.41, 5.74) is 2.98. The van der Waals surface area contributed by atoms with Gasteiger partial charge in [0.2, 0.25) is 0 Å². The highest BCUT2D eigenvalue weighted by Gasteiger charge is 2.10. The zero-order valence-electron chi connectivity index (χ0n) is 9.44.